The molecule has 252 valence electrons. The first kappa shape index (κ1) is 30.2. The van der Waals surface area contributed by atoms with Crippen LogP contribution in [0.2, 0.25) is 0 Å². The van der Waals surface area contributed by atoms with Gasteiger partial charge in [0.05, 0.1) is 17.8 Å². The van der Waals surface area contributed by atoms with Gasteiger partial charge in [-0.25, -0.2) is 14.4 Å². The Kier molecular flexibility index (Phi) is 5.45. The number of aliphatic hydroxyl groups excluding tert-OH is 2. The van der Waals surface area contributed by atoms with Crippen molar-refractivity contribution in [2.24, 2.45) is 46.3 Å². The second-order valence-corrected chi connectivity index (χ2v) is 16.2. The number of hydrogen-bond acceptors (Lipinski definition) is 11. The van der Waals surface area contributed by atoms with Crippen LogP contribution in [0.1, 0.15) is 60.3 Å². The zero-order valence-electron chi connectivity index (χ0n) is 27.5. The van der Waals surface area contributed by atoms with E-state index in [0.29, 0.717) is 35.1 Å². The van der Waals surface area contributed by atoms with E-state index in [1.54, 1.807) is 26.8 Å². The van der Waals surface area contributed by atoms with Crippen molar-refractivity contribution in [2.75, 3.05) is 20.3 Å². The van der Waals surface area contributed by atoms with Crippen LogP contribution in [0.4, 0.5) is 0 Å². The van der Waals surface area contributed by atoms with Crippen LogP contribution in [0.3, 0.4) is 0 Å². The van der Waals surface area contributed by atoms with Gasteiger partial charge in [-0.1, -0.05) is 19.9 Å². The molecule has 13 unspecified atom stereocenters. The van der Waals surface area contributed by atoms with E-state index in [0.717, 1.165) is 0 Å². The van der Waals surface area contributed by atoms with Gasteiger partial charge in [-0.15, -0.1) is 0 Å². The van der Waals surface area contributed by atoms with E-state index in [1.165, 1.54) is 7.11 Å². The predicted molar refractivity (Wildman–Crippen MR) is 160 cm³/mol. The fraction of sp³-hybridized carbons (Fsp3) is 0.694. The fourth-order valence-electron chi connectivity index (χ4n) is 12.7. The van der Waals surface area contributed by atoms with Crippen LogP contribution in [0.5, 0.6) is 0 Å². The summed E-state index contributed by atoms with van der Waals surface area (Å²) in [6, 6.07) is 0. The third-order valence-electron chi connectivity index (χ3n) is 14.9. The Balaban J connectivity index is 1.31. The van der Waals surface area contributed by atoms with Crippen LogP contribution in [0.25, 0.3) is 0 Å². The van der Waals surface area contributed by atoms with Gasteiger partial charge in [0.2, 0.25) is 0 Å². The fourth-order valence-corrected chi connectivity index (χ4v) is 12.7. The van der Waals surface area contributed by atoms with Crippen LogP contribution < -0.4 is 0 Å². The molecule has 0 aromatic heterocycles. The molecule has 5 fully saturated rings. The second kappa shape index (κ2) is 8.48. The van der Waals surface area contributed by atoms with Crippen molar-refractivity contribution in [2.45, 2.75) is 89.0 Å². The van der Waals surface area contributed by atoms with Gasteiger partial charge in [0.1, 0.15) is 18.3 Å². The minimum atomic E-state index is -1.89. The number of carbonyl (C=O) groups excluding carboxylic acids is 3. The third kappa shape index (κ3) is 2.89. The summed E-state index contributed by atoms with van der Waals surface area (Å²) in [6.07, 6.45) is 2.03. The Morgan fingerprint density at radius 3 is 2.38 bits per heavy atom. The molecule has 0 amide bonds. The Bertz CT molecular complexity index is 1750. The van der Waals surface area contributed by atoms with Gasteiger partial charge in [-0.05, 0) is 86.7 Å². The predicted octanol–water partition coefficient (Wildman–Crippen LogP) is 1.78. The van der Waals surface area contributed by atoms with Crippen molar-refractivity contribution in [1.29, 1.82) is 0 Å². The number of rotatable bonds is 5. The van der Waals surface area contributed by atoms with Gasteiger partial charge in [-0.2, -0.15) is 0 Å². The molecular weight excluding hydrogens is 608 g/mol. The van der Waals surface area contributed by atoms with Crippen molar-refractivity contribution in [3.8, 4) is 0 Å². The highest BCUT2D eigenvalue weighted by atomic mass is 16.7. The average Bonchev–Trinajstić information content (AvgIpc) is 3.95. The van der Waals surface area contributed by atoms with Crippen molar-refractivity contribution < 1.29 is 53.8 Å². The monoisotopic (exact) mass is 650 g/mol. The smallest absolute Gasteiger partial charge is 0.337 e. The summed E-state index contributed by atoms with van der Waals surface area (Å²) in [5.41, 5.74) is -3.58. The van der Waals surface area contributed by atoms with E-state index < -0.39 is 75.9 Å². The minimum absolute atomic E-state index is 0.0224. The van der Waals surface area contributed by atoms with Gasteiger partial charge in [0, 0.05) is 46.7 Å². The highest BCUT2D eigenvalue weighted by Gasteiger charge is 2.87. The third-order valence-corrected chi connectivity index (χ3v) is 14.9. The molecule has 0 radical (unpaired) electrons. The Morgan fingerprint density at radius 2 is 1.72 bits per heavy atom. The number of aliphatic hydroxyl groups is 4. The average molecular weight is 651 g/mol. The van der Waals surface area contributed by atoms with Gasteiger partial charge < -0.3 is 39.4 Å². The molecule has 5 saturated carbocycles. The van der Waals surface area contributed by atoms with E-state index in [9.17, 15) is 34.8 Å². The van der Waals surface area contributed by atoms with E-state index >= 15 is 0 Å². The number of esters is 3. The van der Waals surface area contributed by atoms with Crippen LogP contribution in [-0.4, -0.2) is 87.4 Å². The van der Waals surface area contributed by atoms with Crippen LogP contribution in [0.15, 0.2) is 45.1 Å². The maximum absolute atomic E-state index is 13.9. The second-order valence-electron chi connectivity index (χ2n) is 16.2. The molecule has 1 spiro atoms. The van der Waals surface area contributed by atoms with Crippen molar-refractivity contribution in [3.63, 3.8) is 0 Å². The van der Waals surface area contributed by atoms with E-state index in [4.69, 9.17) is 18.9 Å². The maximum atomic E-state index is 13.9. The van der Waals surface area contributed by atoms with Gasteiger partial charge in [0.25, 0.3) is 5.79 Å². The van der Waals surface area contributed by atoms with Crippen LogP contribution in [0, 0.1) is 46.3 Å². The molecule has 0 bridgehead atoms. The molecule has 47 heavy (non-hydrogen) atoms. The Labute approximate surface area is 272 Å². The van der Waals surface area contributed by atoms with Crippen molar-refractivity contribution >= 4 is 17.9 Å². The van der Waals surface area contributed by atoms with Crippen LogP contribution in [-0.2, 0) is 33.3 Å². The highest BCUT2D eigenvalue weighted by Crippen LogP contribution is 2.85. The summed E-state index contributed by atoms with van der Waals surface area (Å²) < 4.78 is 24.3. The summed E-state index contributed by atoms with van der Waals surface area (Å²) in [5.74, 6) is -5.35. The molecule has 0 saturated heterocycles. The van der Waals surface area contributed by atoms with Gasteiger partial charge in [0.15, 0.2) is 5.60 Å². The molecule has 11 nitrogen and oxygen atoms in total. The topological polar surface area (TPSA) is 169 Å². The van der Waals surface area contributed by atoms with Crippen molar-refractivity contribution in [3.05, 3.63) is 45.1 Å². The number of fused-ring (bicyclic) bond motifs is 9. The van der Waals surface area contributed by atoms with E-state index in [2.05, 4.69) is 6.92 Å². The molecule has 13 atom stereocenters. The summed E-state index contributed by atoms with van der Waals surface area (Å²) in [4.78, 5) is 40.1. The van der Waals surface area contributed by atoms with E-state index in [-0.39, 0.29) is 59.8 Å². The van der Waals surface area contributed by atoms with Gasteiger partial charge >= 0.3 is 17.9 Å². The lowest BCUT2D eigenvalue weighted by Crippen LogP contribution is -2.69. The first-order chi connectivity index (χ1) is 22.1. The lowest BCUT2D eigenvalue weighted by molar-refractivity contribution is -0.256. The molecule has 0 aromatic rings. The standard InChI is InChI=1S/C36H42O11/c1-7-14(2)27(38)45-13-34(43)21-8-18(21)31(4)22(34)10-17-16(12-37)29(40)46-35(17)23(31)11-33(42)20-9-19(20)32(5)26(33)25(35)24-15(3)28(39)47-36(24,44-6)30(32)41/h7,18-23,30,37,41-43H,8-13H2,1-6H3. The minimum Gasteiger partial charge on any atom is -0.459 e. The first-order valence-electron chi connectivity index (χ1n) is 16.8. The largest absolute Gasteiger partial charge is 0.459 e. The number of carbonyl (C=O) groups is 3. The van der Waals surface area contributed by atoms with Gasteiger partial charge in [-0.3, -0.25) is 0 Å². The number of hydrogen-bond donors (Lipinski definition) is 4. The molecule has 11 heteroatoms. The zero-order chi connectivity index (χ0) is 33.6. The molecule has 4 N–H and O–H groups in total. The molecule has 2 aliphatic heterocycles. The number of allylic oxidation sites excluding steroid dienone is 1. The molecular formula is C36H42O11. The SMILES string of the molecule is CC=C(C)C(=O)OCC1(O)C2CC2C2(C)C3CC4(O)C5=C(C6=C(C)C(=O)OC6(OC)C(O)C5(C)C5CC54)C34OC(=O)C(CO)=C4CC12. The molecule has 9 aliphatic rings. The molecule has 9 rings (SSSR count). The Morgan fingerprint density at radius 1 is 1.02 bits per heavy atom. The lowest BCUT2D eigenvalue weighted by Gasteiger charge is -2.64. The van der Waals surface area contributed by atoms with Crippen molar-refractivity contribution in [1.82, 2.24) is 0 Å². The lowest BCUT2D eigenvalue weighted by atomic mass is 9.42. The van der Waals surface area contributed by atoms with Crippen LogP contribution >= 0.6 is 0 Å². The molecule has 0 aromatic carbocycles. The first-order valence-corrected chi connectivity index (χ1v) is 16.8. The molecule has 2 heterocycles. The summed E-state index contributed by atoms with van der Waals surface area (Å²) in [6.45, 7) is 8.16. The molecule has 7 aliphatic carbocycles. The quantitative estimate of drug-likeness (QED) is 0.194. The van der Waals surface area contributed by atoms with E-state index in [1.807, 2.05) is 6.92 Å². The summed E-state index contributed by atoms with van der Waals surface area (Å²) in [5, 5.41) is 48.5. The summed E-state index contributed by atoms with van der Waals surface area (Å²) in [7, 11) is 1.38. The highest BCUT2D eigenvalue weighted by molar-refractivity contribution is 5.98. The number of ether oxygens (including phenoxy) is 4. The normalized spacial score (nSPS) is 52.6. The number of methoxy groups -OCH3 is 1. The Hall–Kier alpha value is -2.83. The summed E-state index contributed by atoms with van der Waals surface area (Å²) >= 11 is 0. The zero-order valence-corrected chi connectivity index (χ0v) is 27.5. The maximum Gasteiger partial charge on any atom is 0.337 e.